The lowest BCUT2D eigenvalue weighted by Crippen LogP contribution is -2.21. The molecule has 1 amide bonds. The van der Waals surface area contributed by atoms with E-state index in [4.69, 9.17) is 10.00 Å². The monoisotopic (exact) mass is 350 g/mol. The highest BCUT2D eigenvalue weighted by atomic mass is 16.5. The predicted molar refractivity (Wildman–Crippen MR) is 95.5 cm³/mol. The van der Waals surface area contributed by atoms with Crippen LogP contribution < -0.4 is 5.32 Å². The van der Waals surface area contributed by atoms with Gasteiger partial charge in [0.15, 0.2) is 12.4 Å². The quantitative estimate of drug-likeness (QED) is 0.611. The van der Waals surface area contributed by atoms with Gasteiger partial charge in [0.2, 0.25) is 0 Å². The third-order valence-corrected chi connectivity index (χ3v) is 3.62. The van der Waals surface area contributed by atoms with E-state index in [1.807, 2.05) is 25.1 Å². The van der Waals surface area contributed by atoms with Crippen LogP contribution in [0.5, 0.6) is 0 Å². The zero-order chi connectivity index (χ0) is 18.9. The van der Waals surface area contributed by atoms with E-state index in [0.717, 1.165) is 5.56 Å². The average molecular weight is 350 g/mol. The molecule has 0 bridgehead atoms. The van der Waals surface area contributed by atoms with Gasteiger partial charge < -0.3 is 10.1 Å². The molecule has 0 aromatic heterocycles. The molecule has 6 heteroatoms. The third-order valence-electron chi connectivity index (χ3n) is 3.62. The second-order valence-corrected chi connectivity index (χ2v) is 5.66. The van der Waals surface area contributed by atoms with Gasteiger partial charge in [0, 0.05) is 12.0 Å². The Labute approximate surface area is 151 Å². The minimum Gasteiger partial charge on any atom is -0.456 e. The summed E-state index contributed by atoms with van der Waals surface area (Å²) in [6, 6.07) is 15.5. The maximum atomic E-state index is 12.0. The van der Waals surface area contributed by atoms with Gasteiger partial charge in [0.05, 0.1) is 17.7 Å². The van der Waals surface area contributed by atoms with Crippen molar-refractivity contribution in [2.45, 2.75) is 19.8 Å². The highest BCUT2D eigenvalue weighted by molar-refractivity contribution is 5.98. The first-order chi connectivity index (χ1) is 12.5. The summed E-state index contributed by atoms with van der Waals surface area (Å²) in [6.45, 7) is 1.45. The van der Waals surface area contributed by atoms with Crippen LogP contribution in [0.2, 0.25) is 0 Å². The number of hydrogen-bond acceptors (Lipinski definition) is 5. The second-order valence-electron chi connectivity index (χ2n) is 5.66. The Balaban J connectivity index is 1.76. The lowest BCUT2D eigenvalue weighted by atomic mass is 10.1. The smallest absolute Gasteiger partial charge is 0.306 e. The number of esters is 1. The summed E-state index contributed by atoms with van der Waals surface area (Å²) < 4.78 is 4.87. The Morgan fingerprint density at radius 1 is 1.04 bits per heavy atom. The lowest BCUT2D eigenvalue weighted by Gasteiger charge is -2.07. The van der Waals surface area contributed by atoms with E-state index in [2.05, 4.69) is 5.32 Å². The fraction of sp³-hybridized carbons (Fsp3) is 0.200. The largest absolute Gasteiger partial charge is 0.456 e. The van der Waals surface area contributed by atoms with Crippen LogP contribution in [0.1, 0.15) is 34.3 Å². The van der Waals surface area contributed by atoms with E-state index in [9.17, 15) is 14.4 Å². The van der Waals surface area contributed by atoms with E-state index in [0.29, 0.717) is 16.8 Å². The number of para-hydroxylation sites is 1. The van der Waals surface area contributed by atoms with Crippen molar-refractivity contribution in [3.8, 4) is 6.07 Å². The summed E-state index contributed by atoms with van der Waals surface area (Å²) in [7, 11) is 0. The zero-order valence-corrected chi connectivity index (χ0v) is 14.3. The molecule has 2 aromatic rings. The van der Waals surface area contributed by atoms with Crippen LogP contribution in [0, 0.1) is 18.3 Å². The van der Waals surface area contributed by atoms with E-state index in [-0.39, 0.29) is 18.6 Å². The van der Waals surface area contributed by atoms with Crippen LogP contribution in [0.25, 0.3) is 0 Å². The first-order valence-corrected chi connectivity index (χ1v) is 8.04. The number of aryl methyl sites for hydroxylation is 1. The molecule has 0 aliphatic heterocycles. The molecule has 6 nitrogen and oxygen atoms in total. The van der Waals surface area contributed by atoms with Crippen LogP contribution >= 0.6 is 0 Å². The highest BCUT2D eigenvalue weighted by Crippen LogP contribution is 2.13. The minimum atomic E-state index is -0.630. The van der Waals surface area contributed by atoms with E-state index in [1.165, 1.54) is 0 Å². The zero-order valence-electron chi connectivity index (χ0n) is 14.3. The summed E-state index contributed by atoms with van der Waals surface area (Å²) in [5.41, 5.74) is 2.25. The topological polar surface area (TPSA) is 96.3 Å². The number of nitrogens with zero attached hydrogens (tertiary/aromatic N) is 1. The number of carbonyl (C=O) groups is 3. The molecule has 26 heavy (non-hydrogen) atoms. The maximum Gasteiger partial charge on any atom is 0.306 e. The standard InChI is InChI=1S/C20H18N2O4/c1-14-6-8-15(9-7-14)18(23)10-11-20(25)26-13-19(24)22-17-5-3-2-4-16(17)12-21/h2-9H,10-11,13H2,1H3,(H,22,24). The first-order valence-electron chi connectivity index (χ1n) is 8.04. The number of Topliss-reactive ketones (excluding diaryl/α,β-unsaturated/α-hetero) is 1. The number of rotatable bonds is 7. The van der Waals surface area contributed by atoms with Gasteiger partial charge in [-0.3, -0.25) is 14.4 Å². The Morgan fingerprint density at radius 2 is 1.73 bits per heavy atom. The van der Waals surface area contributed by atoms with Gasteiger partial charge in [-0.15, -0.1) is 0 Å². The van der Waals surface area contributed by atoms with Crippen molar-refractivity contribution in [3.63, 3.8) is 0 Å². The average Bonchev–Trinajstić information content (AvgIpc) is 2.65. The van der Waals surface area contributed by atoms with Crippen LogP contribution in [-0.2, 0) is 14.3 Å². The van der Waals surface area contributed by atoms with Crippen molar-refractivity contribution in [1.29, 1.82) is 5.26 Å². The molecule has 0 unspecified atom stereocenters. The number of anilines is 1. The molecule has 0 heterocycles. The number of ether oxygens (including phenoxy) is 1. The van der Waals surface area contributed by atoms with Crippen LogP contribution in [0.15, 0.2) is 48.5 Å². The molecule has 0 radical (unpaired) electrons. The number of nitrogens with one attached hydrogen (secondary N) is 1. The number of benzene rings is 2. The Bertz CT molecular complexity index is 851. The Kier molecular flexibility index (Phi) is 6.63. The summed E-state index contributed by atoms with van der Waals surface area (Å²) in [4.78, 5) is 35.5. The van der Waals surface area contributed by atoms with Gasteiger partial charge in [0.1, 0.15) is 6.07 Å². The first kappa shape index (κ1) is 18.9. The number of amides is 1. The van der Waals surface area contributed by atoms with Crippen LogP contribution in [0.4, 0.5) is 5.69 Å². The maximum absolute atomic E-state index is 12.0. The summed E-state index contributed by atoms with van der Waals surface area (Å²) in [6.07, 6.45) is -0.0877. The molecular formula is C20H18N2O4. The summed E-state index contributed by atoms with van der Waals surface area (Å²) >= 11 is 0. The van der Waals surface area contributed by atoms with E-state index >= 15 is 0 Å². The summed E-state index contributed by atoms with van der Waals surface area (Å²) in [5.74, 6) is -1.34. The molecule has 1 N–H and O–H groups in total. The van der Waals surface area contributed by atoms with Gasteiger partial charge in [-0.2, -0.15) is 5.26 Å². The Hall–Kier alpha value is -3.46. The fourth-order valence-corrected chi connectivity index (χ4v) is 2.19. The van der Waals surface area contributed by atoms with Gasteiger partial charge >= 0.3 is 5.97 Å². The van der Waals surface area contributed by atoms with Crippen molar-refractivity contribution in [1.82, 2.24) is 0 Å². The molecule has 0 aliphatic rings. The molecule has 0 atom stereocenters. The summed E-state index contributed by atoms with van der Waals surface area (Å²) in [5, 5.41) is 11.5. The van der Waals surface area contributed by atoms with E-state index < -0.39 is 18.5 Å². The Morgan fingerprint density at radius 3 is 2.42 bits per heavy atom. The van der Waals surface area contributed by atoms with E-state index in [1.54, 1.807) is 36.4 Å². The molecular weight excluding hydrogens is 332 g/mol. The van der Waals surface area contributed by atoms with Crippen molar-refractivity contribution in [2.75, 3.05) is 11.9 Å². The van der Waals surface area contributed by atoms with Crippen molar-refractivity contribution in [2.24, 2.45) is 0 Å². The van der Waals surface area contributed by atoms with Crippen molar-refractivity contribution in [3.05, 3.63) is 65.2 Å². The number of nitriles is 1. The SMILES string of the molecule is Cc1ccc(C(=O)CCC(=O)OCC(=O)Nc2ccccc2C#N)cc1. The molecule has 0 fully saturated rings. The third kappa shape index (κ3) is 5.56. The van der Waals surface area contributed by atoms with Gasteiger partial charge in [-0.25, -0.2) is 0 Å². The number of ketones is 1. The normalized spacial score (nSPS) is 9.85. The number of hydrogen-bond donors (Lipinski definition) is 1. The lowest BCUT2D eigenvalue weighted by molar-refractivity contribution is -0.147. The molecule has 0 aliphatic carbocycles. The number of carbonyl (C=O) groups excluding carboxylic acids is 3. The van der Waals surface area contributed by atoms with Crippen molar-refractivity contribution >= 4 is 23.3 Å². The molecule has 132 valence electrons. The highest BCUT2D eigenvalue weighted by Gasteiger charge is 2.12. The molecule has 0 spiro atoms. The predicted octanol–water partition coefficient (Wildman–Crippen LogP) is 3.01. The fourth-order valence-electron chi connectivity index (χ4n) is 2.19. The van der Waals surface area contributed by atoms with Crippen LogP contribution in [0.3, 0.4) is 0 Å². The molecule has 0 saturated heterocycles. The van der Waals surface area contributed by atoms with Crippen LogP contribution in [-0.4, -0.2) is 24.3 Å². The van der Waals surface area contributed by atoms with Gasteiger partial charge in [-0.1, -0.05) is 42.0 Å². The van der Waals surface area contributed by atoms with Crippen molar-refractivity contribution < 1.29 is 19.1 Å². The van der Waals surface area contributed by atoms with Gasteiger partial charge in [-0.05, 0) is 19.1 Å². The molecule has 2 rings (SSSR count). The minimum absolute atomic E-state index is 0.0147. The van der Waals surface area contributed by atoms with Gasteiger partial charge in [0.25, 0.3) is 5.91 Å². The second kappa shape index (κ2) is 9.14. The molecule has 2 aromatic carbocycles. The molecule has 0 saturated carbocycles.